The van der Waals surface area contributed by atoms with E-state index in [0.29, 0.717) is 10.8 Å². The van der Waals surface area contributed by atoms with Gasteiger partial charge in [-0.05, 0) is 42.9 Å². The molecule has 3 nitrogen and oxygen atoms in total. The molecule has 0 aromatic heterocycles. The summed E-state index contributed by atoms with van der Waals surface area (Å²) < 4.78 is 5.14. The molecule has 1 aliphatic heterocycles. The van der Waals surface area contributed by atoms with E-state index >= 15 is 0 Å². The first-order valence-corrected chi connectivity index (χ1v) is 6.84. The van der Waals surface area contributed by atoms with E-state index in [0.717, 1.165) is 24.1 Å². The smallest absolute Gasteiger partial charge is 0.176 e. The number of likely N-dealkylation sites (tertiary alicyclic amines) is 1. The first-order valence-electron chi connectivity index (χ1n) is 6.47. The Morgan fingerprint density at radius 2 is 2.28 bits per heavy atom. The van der Waals surface area contributed by atoms with Gasteiger partial charge in [0.15, 0.2) is 11.5 Å². The quantitative estimate of drug-likeness (QED) is 0.914. The van der Waals surface area contributed by atoms with Gasteiger partial charge in [0, 0.05) is 19.1 Å². The molecule has 0 radical (unpaired) electrons. The third-order valence-corrected chi connectivity index (χ3v) is 4.50. The average molecular weight is 268 g/mol. The Hall–Kier alpha value is -0.930. The van der Waals surface area contributed by atoms with Crippen LogP contribution in [0.25, 0.3) is 0 Å². The second kappa shape index (κ2) is 4.63. The predicted octanol–water partition coefficient (Wildman–Crippen LogP) is 3.04. The van der Waals surface area contributed by atoms with Crippen molar-refractivity contribution in [3.8, 4) is 11.5 Å². The molecule has 0 spiro atoms. The maximum atomic E-state index is 9.72. The van der Waals surface area contributed by atoms with Gasteiger partial charge < -0.3 is 9.84 Å². The molecule has 2 fully saturated rings. The summed E-state index contributed by atoms with van der Waals surface area (Å²) in [5.41, 5.74) is 1.11. The zero-order valence-electron chi connectivity index (χ0n) is 10.5. The molecule has 2 atom stereocenters. The van der Waals surface area contributed by atoms with Crippen LogP contribution < -0.4 is 4.74 Å². The van der Waals surface area contributed by atoms with Crippen molar-refractivity contribution in [2.24, 2.45) is 5.92 Å². The first-order chi connectivity index (χ1) is 8.67. The van der Waals surface area contributed by atoms with Gasteiger partial charge in [-0.3, -0.25) is 4.90 Å². The Balaban J connectivity index is 1.78. The minimum absolute atomic E-state index is 0.0332. The molecule has 1 saturated heterocycles. The van der Waals surface area contributed by atoms with Crippen LogP contribution in [0.4, 0.5) is 0 Å². The van der Waals surface area contributed by atoms with E-state index in [2.05, 4.69) is 4.90 Å². The largest absolute Gasteiger partial charge is 0.503 e. The summed E-state index contributed by atoms with van der Waals surface area (Å²) in [6.45, 7) is 2.10. The molecule has 1 heterocycles. The summed E-state index contributed by atoms with van der Waals surface area (Å²) in [5, 5.41) is 10.1. The van der Waals surface area contributed by atoms with Gasteiger partial charge in [-0.1, -0.05) is 11.6 Å². The number of benzene rings is 1. The molecule has 3 rings (SSSR count). The lowest BCUT2D eigenvalue weighted by molar-refractivity contribution is 0.205. The monoisotopic (exact) mass is 267 g/mol. The van der Waals surface area contributed by atoms with E-state index in [4.69, 9.17) is 16.3 Å². The maximum absolute atomic E-state index is 9.72. The highest BCUT2D eigenvalue weighted by atomic mass is 35.5. The van der Waals surface area contributed by atoms with Crippen LogP contribution in [0.15, 0.2) is 12.1 Å². The van der Waals surface area contributed by atoms with Crippen molar-refractivity contribution >= 4 is 11.6 Å². The molecule has 1 aliphatic carbocycles. The first kappa shape index (κ1) is 12.1. The third kappa shape index (κ3) is 2.06. The lowest BCUT2D eigenvalue weighted by atomic mass is 10.1. The molecule has 1 N–H and O–H groups in total. The number of nitrogens with zero attached hydrogens (tertiary/aromatic N) is 1. The van der Waals surface area contributed by atoms with Crippen molar-refractivity contribution in [1.82, 2.24) is 4.90 Å². The Labute approximate surface area is 112 Å². The average Bonchev–Trinajstić information content (AvgIpc) is 2.95. The van der Waals surface area contributed by atoms with Crippen LogP contribution in [0.1, 0.15) is 24.8 Å². The van der Waals surface area contributed by atoms with E-state index in [-0.39, 0.29) is 5.75 Å². The Bertz CT molecular complexity index is 463. The zero-order chi connectivity index (χ0) is 12.7. The summed E-state index contributed by atoms with van der Waals surface area (Å²) in [6, 6.07) is 4.46. The maximum Gasteiger partial charge on any atom is 0.176 e. The van der Waals surface area contributed by atoms with Gasteiger partial charge in [0.1, 0.15) is 0 Å². The van der Waals surface area contributed by atoms with Gasteiger partial charge in [0.05, 0.1) is 12.1 Å². The van der Waals surface area contributed by atoms with Crippen molar-refractivity contribution in [3.05, 3.63) is 22.7 Å². The summed E-state index contributed by atoms with van der Waals surface area (Å²) in [7, 11) is 1.55. The van der Waals surface area contributed by atoms with E-state index in [1.807, 2.05) is 12.1 Å². The highest BCUT2D eigenvalue weighted by Gasteiger charge is 2.37. The fraction of sp³-hybridized carbons (Fsp3) is 0.571. The number of phenols is 1. The van der Waals surface area contributed by atoms with Gasteiger partial charge >= 0.3 is 0 Å². The molecule has 1 aromatic carbocycles. The van der Waals surface area contributed by atoms with Crippen LogP contribution in [0.2, 0.25) is 5.02 Å². The fourth-order valence-corrected chi connectivity index (χ4v) is 3.56. The summed E-state index contributed by atoms with van der Waals surface area (Å²) in [4.78, 5) is 2.52. The second-order valence-corrected chi connectivity index (χ2v) is 5.80. The molecule has 2 bridgehead atoms. The van der Waals surface area contributed by atoms with E-state index in [9.17, 15) is 5.11 Å². The molecule has 0 amide bonds. The molecule has 98 valence electrons. The fourth-order valence-electron chi connectivity index (χ4n) is 3.33. The lowest BCUT2D eigenvalue weighted by Gasteiger charge is -2.27. The molecule has 18 heavy (non-hydrogen) atoms. The number of ether oxygens (including phenoxy) is 1. The van der Waals surface area contributed by atoms with Crippen LogP contribution in [0, 0.1) is 5.92 Å². The Morgan fingerprint density at radius 3 is 2.89 bits per heavy atom. The van der Waals surface area contributed by atoms with Gasteiger partial charge in [0.25, 0.3) is 0 Å². The predicted molar refractivity (Wildman–Crippen MR) is 71.2 cm³/mol. The van der Waals surface area contributed by atoms with Gasteiger partial charge in [-0.15, -0.1) is 0 Å². The van der Waals surface area contributed by atoms with Crippen LogP contribution in [0.3, 0.4) is 0 Å². The van der Waals surface area contributed by atoms with Crippen molar-refractivity contribution in [3.63, 3.8) is 0 Å². The minimum atomic E-state index is 0.0332. The number of aromatic hydroxyl groups is 1. The standard InChI is InChI=1S/C14H18ClNO2/c1-18-13-6-10(5-12(15)14(13)17)8-16-7-9-2-3-11(16)4-9/h5-6,9,11,17H,2-4,7-8H2,1H3. The number of halogens is 1. The van der Waals surface area contributed by atoms with Crippen molar-refractivity contribution < 1.29 is 9.84 Å². The van der Waals surface area contributed by atoms with Crippen LogP contribution in [-0.2, 0) is 6.54 Å². The minimum Gasteiger partial charge on any atom is -0.503 e. The highest BCUT2D eigenvalue weighted by Crippen LogP contribution is 2.40. The highest BCUT2D eigenvalue weighted by molar-refractivity contribution is 6.32. The van der Waals surface area contributed by atoms with Crippen LogP contribution in [0.5, 0.6) is 11.5 Å². The number of fused-ring (bicyclic) bond motifs is 2. The summed E-state index contributed by atoms with van der Waals surface area (Å²) in [5.74, 6) is 1.39. The Morgan fingerprint density at radius 1 is 1.44 bits per heavy atom. The molecule has 2 unspecified atom stereocenters. The van der Waals surface area contributed by atoms with Crippen molar-refractivity contribution in [2.75, 3.05) is 13.7 Å². The van der Waals surface area contributed by atoms with Gasteiger partial charge in [-0.25, -0.2) is 0 Å². The van der Waals surface area contributed by atoms with Gasteiger partial charge in [0.2, 0.25) is 0 Å². The molecule has 1 aromatic rings. The van der Waals surface area contributed by atoms with Crippen LogP contribution in [-0.4, -0.2) is 29.7 Å². The summed E-state index contributed by atoms with van der Waals surface area (Å²) in [6.07, 6.45) is 4.07. The SMILES string of the molecule is COc1cc(CN2CC3CCC2C3)cc(Cl)c1O. The van der Waals surface area contributed by atoms with Gasteiger partial charge in [-0.2, -0.15) is 0 Å². The molecule has 2 aliphatic rings. The number of methoxy groups -OCH3 is 1. The Kier molecular flexibility index (Phi) is 3.12. The van der Waals surface area contributed by atoms with Crippen molar-refractivity contribution in [1.29, 1.82) is 0 Å². The number of hydrogen-bond donors (Lipinski definition) is 1. The topological polar surface area (TPSA) is 32.7 Å². The number of piperidine rings is 1. The number of hydrogen-bond acceptors (Lipinski definition) is 3. The summed E-state index contributed by atoms with van der Waals surface area (Å²) >= 11 is 6.01. The number of rotatable bonds is 3. The third-order valence-electron chi connectivity index (χ3n) is 4.22. The lowest BCUT2D eigenvalue weighted by Crippen LogP contribution is -2.31. The zero-order valence-corrected chi connectivity index (χ0v) is 11.3. The molecule has 1 saturated carbocycles. The normalized spacial score (nSPS) is 26.8. The van der Waals surface area contributed by atoms with E-state index < -0.39 is 0 Å². The molecule has 4 heteroatoms. The van der Waals surface area contributed by atoms with Crippen LogP contribution >= 0.6 is 11.6 Å². The van der Waals surface area contributed by atoms with Crippen molar-refractivity contribution in [2.45, 2.75) is 31.8 Å². The van der Waals surface area contributed by atoms with E-state index in [1.54, 1.807) is 7.11 Å². The second-order valence-electron chi connectivity index (χ2n) is 5.39. The number of phenolic OH excluding ortho intramolecular Hbond substituents is 1. The molecular weight excluding hydrogens is 250 g/mol. The molecular formula is C14H18ClNO2. The van der Waals surface area contributed by atoms with E-state index in [1.165, 1.54) is 25.8 Å².